The van der Waals surface area contributed by atoms with Gasteiger partial charge in [-0.1, -0.05) is 12.1 Å². The van der Waals surface area contributed by atoms with Crippen LogP contribution in [0, 0.1) is 0 Å². The summed E-state index contributed by atoms with van der Waals surface area (Å²) in [5.74, 6) is 1.85. The number of aromatic nitrogens is 1. The highest BCUT2D eigenvalue weighted by atomic mass is 16.5. The molecular formula is C18H21N3O3. The van der Waals surface area contributed by atoms with Gasteiger partial charge in [-0.25, -0.2) is 4.98 Å². The van der Waals surface area contributed by atoms with Crippen molar-refractivity contribution in [2.24, 2.45) is 0 Å². The van der Waals surface area contributed by atoms with Crippen LogP contribution in [0.1, 0.15) is 18.4 Å². The van der Waals surface area contributed by atoms with Gasteiger partial charge in [0.25, 0.3) is 0 Å². The number of methoxy groups -OCH3 is 1. The highest BCUT2D eigenvalue weighted by Crippen LogP contribution is 2.26. The van der Waals surface area contributed by atoms with E-state index >= 15 is 0 Å². The van der Waals surface area contributed by atoms with Crippen molar-refractivity contribution in [3.63, 3.8) is 0 Å². The lowest BCUT2D eigenvalue weighted by molar-refractivity contribution is -0.122. The van der Waals surface area contributed by atoms with Crippen LogP contribution in [0.25, 0.3) is 0 Å². The Morgan fingerprint density at radius 2 is 2.21 bits per heavy atom. The van der Waals surface area contributed by atoms with Gasteiger partial charge in [-0.3, -0.25) is 4.79 Å². The van der Waals surface area contributed by atoms with Gasteiger partial charge in [0.15, 0.2) is 0 Å². The number of benzene rings is 1. The number of nitrogens with one attached hydrogen (secondary N) is 2. The molecule has 1 fully saturated rings. The maximum absolute atomic E-state index is 12.1. The third-order valence-electron chi connectivity index (χ3n) is 3.94. The van der Waals surface area contributed by atoms with Crippen LogP contribution >= 0.6 is 0 Å². The summed E-state index contributed by atoms with van der Waals surface area (Å²) in [4.78, 5) is 16.4. The lowest BCUT2D eigenvalue weighted by atomic mass is 10.2. The normalized spacial score (nSPS) is 16.6. The molecule has 3 rings (SSSR count). The fourth-order valence-corrected chi connectivity index (χ4v) is 2.64. The lowest BCUT2D eigenvalue weighted by Crippen LogP contribution is -2.40. The minimum atomic E-state index is -0.0931. The Balaban J connectivity index is 1.67. The van der Waals surface area contributed by atoms with E-state index in [9.17, 15) is 4.79 Å². The van der Waals surface area contributed by atoms with Gasteiger partial charge >= 0.3 is 0 Å². The molecule has 0 saturated carbocycles. The predicted octanol–water partition coefficient (Wildman–Crippen LogP) is 2.25. The summed E-state index contributed by atoms with van der Waals surface area (Å²) in [5, 5.41) is 6.13. The van der Waals surface area contributed by atoms with Crippen molar-refractivity contribution in [2.75, 3.05) is 13.7 Å². The zero-order chi connectivity index (χ0) is 16.8. The van der Waals surface area contributed by atoms with Crippen molar-refractivity contribution in [3.05, 3.63) is 48.2 Å². The number of carbonyl (C=O) groups excluding carboxylic acids is 1. The van der Waals surface area contributed by atoms with Gasteiger partial charge in [0.1, 0.15) is 11.5 Å². The molecule has 2 heterocycles. The molecule has 1 saturated heterocycles. The molecular weight excluding hydrogens is 306 g/mol. The number of nitrogens with zero attached hydrogens (tertiary/aromatic N) is 1. The Morgan fingerprint density at radius 3 is 3.00 bits per heavy atom. The molecule has 1 aromatic carbocycles. The van der Waals surface area contributed by atoms with Crippen LogP contribution in [0.5, 0.6) is 17.4 Å². The highest BCUT2D eigenvalue weighted by Gasteiger charge is 2.21. The van der Waals surface area contributed by atoms with Gasteiger partial charge in [-0.15, -0.1) is 0 Å². The Bertz CT molecular complexity index is 699. The molecule has 0 bridgehead atoms. The summed E-state index contributed by atoms with van der Waals surface area (Å²) in [6.07, 6.45) is 3.58. The molecule has 2 N–H and O–H groups in total. The summed E-state index contributed by atoms with van der Waals surface area (Å²) in [5.41, 5.74) is 0.826. The molecule has 2 aromatic rings. The van der Waals surface area contributed by atoms with Crippen molar-refractivity contribution < 1.29 is 14.3 Å². The second kappa shape index (κ2) is 7.79. The van der Waals surface area contributed by atoms with Crippen LogP contribution in [0.4, 0.5) is 0 Å². The molecule has 0 aliphatic carbocycles. The van der Waals surface area contributed by atoms with Crippen LogP contribution < -0.4 is 20.1 Å². The van der Waals surface area contributed by atoms with E-state index < -0.39 is 0 Å². The molecule has 6 nitrogen and oxygen atoms in total. The second-order valence-corrected chi connectivity index (χ2v) is 5.62. The first-order valence-corrected chi connectivity index (χ1v) is 8.03. The molecule has 1 atom stereocenters. The minimum Gasteiger partial charge on any atom is -0.497 e. The van der Waals surface area contributed by atoms with Crippen LogP contribution in [0.3, 0.4) is 0 Å². The Morgan fingerprint density at radius 1 is 1.33 bits per heavy atom. The average molecular weight is 327 g/mol. The van der Waals surface area contributed by atoms with E-state index in [1.807, 2.05) is 30.3 Å². The number of ether oxygens (including phenoxy) is 2. The molecule has 24 heavy (non-hydrogen) atoms. The number of hydrogen-bond acceptors (Lipinski definition) is 5. The van der Waals surface area contributed by atoms with Crippen molar-refractivity contribution in [3.8, 4) is 17.4 Å². The SMILES string of the molecule is COc1cccc(Oc2ncccc2CNC(=O)C2CCCN2)c1. The Kier molecular flexibility index (Phi) is 5.28. The van der Waals surface area contributed by atoms with Gasteiger partial charge in [0.05, 0.1) is 13.2 Å². The third-order valence-corrected chi connectivity index (χ3v) is 3.94. The average Bonchev–Trinajstić information content (AvgIpc) is 3.16. The molecule has 1 aromatic heterocycles. The van der Waals surface area contributed by atoms with Gasteiger partial charge in [0, 0.05) is 24.4 Å². The van der Waals surface area contributed by atoms with Crippen LogP contribution in [-0.4, -0.2) is 30.6 Å². The molecule has 0 radical (unpaired) electrons. The van der Waals surface area contributed by atoms with E-state index in [1.54, 1.807) is 19.4 Å². The first-order chi connectivity index (χ1) is 11.8. The van der Waals surface area contributed by atoms with Gasteiger partial charge in [-0.2, -0.15) is 0 Å². The zero-order valence-corrected chi connectivity index (χ0v) is 13.6. The van der Waals surface area contributed by atoms with Crippen molar-refractivity contribution in [1.82, 2.24) is 15.6 Å². The van der Waals surface area contributed by atoms with Gasteiger partial charge in [-0.05, 0) is 37.6 Å². The molecule has 126 valence electrons. The van der Waals surface area contributed by atoms with Gasteiger partial charge in [0.2, 0.25) is 11.8 Å². The first-order valence-electron chi connectivity index (χ1n) is 8.03. The minimum absolute atomic E-state index is 0.0173. The zero-order valence-electron chi connectivity index (χ0n) is 13.6. The lowest BCUT2D eigenvalue weighted by Gasteiger charge is -2.13. The number of amides is 1. The molecule has 0 spiro atoms. The van der Waals surface area contributed by atoms with E-state index in [1.165, 1.54) is 0 Å². The van der Waals surface area contributed by atoms with E-state index in [-0.39, 0.29) is 11.9 Å². The Labute approximate surface area is 141 Å². The third kappa shape index (κ3) is 4.02. The summed E-state index contributed by atoms with van der Waals surface area (Å²) in [7, 11) is 1.61. The van der Waals surface area contributed by atoms with Crippen LogP contribution in [-0.2, 0) is 11.3 Å². The van der Waals surface area contributed by atoms with Crippen LogP contribution in [0.2, 0.25) is 0 Å². The molecule has 1 aliphatic rings. The first kappa shape index (κ1) is 16.3. The fourth-order valence-electron chi connectivity index (χ4n) is 2.64. The monoisotopic (exact) mass is 327 g/mol. The fraction of sp³-hybridized carbons (Fsp3) is 0.333. The molecule has 1 unspecified atom stereocenters. The maximum atomic E-state index is 12.1. The predicted molar refractivity (Wildman–Crippen MR) is 90.2 cm³/mol. The Hall–Kier alpha value is -2.60. The number of carbonyl (C=O) groups is 1. The molecule has 1 aliphatic heterocycles. The van der Waals surface area contributed by atoms with Crippen molar-refractivity contribution in [2.45, 2.75) is 25.4 Å². The van der Waals surface area contributed by atoms with E-state index in [4.69, 9.17) is 9.47 Å². The van der Waals surface area contributed by atoms with E-state index in [2.05, 4.69) is 15.6 Å². The number of rotatable bonds is 6. The highest BCUT2D eigenvalue weighted by molar-refractivity contribution is 5.82. The second-order valence-electron chi connectivity index (χ2n) is 5.62. The molecule has 6 heteroatoms. The number of hydrogen-bond donors (Lipinski definition) is 2. The summed E-state index contributed by atoms with van der Waals surface area (Å²) < 4.78 is 11.0. The molecule has 1 amide bonds. The van der Waals surface area contributed by atoms with Gasteiger partial charge < -0.3 is 20.1 Å². The van der Waals surface area contributed by atoms with Crippen molar-refractivity contribution in [1.29, 1.82) is 0 Å². The summed E-state index contributed by atoms with van der Waals surface area (Å²) in [6, 6.07) is 11.0. The van der Waals surface area contributed by atoms with Crippen LogP contribution in [0.15, 0.2) is 42.6 Å². The number of pyridine rings is 1. The summed E-state index contributed by atoms with van der Waals surface area (Å²) in [6.45, 7) is 1.28. The summed E-state index contributed by atoms with van der Waals surface area (Å²) >= 11 is 0. The van der Waals surface area contributed by atoms with E-state index in [0.717, 1.165) is 24.9 Å². The topological polar surface area (TPSA) is 72.5 Å². The maximum Gasteiger partial charge on any atom is 0.237 e. The van der Waals surface area contributed by atoms with E-state index in [0.29, 0.717) is 23.9 Å². The smallest absolute Gasteiger partial charge is 0.237 e. The standard InChI is InChI=1S/C18H21N3O3/c1-23-14-6-2-7-15(11-14)24-18-13(5-3-10-20-18)12-21-17(22)16-8-4-9-19-16/h2-3,5-7,10-11,16,19H,4,8-9,12H2,1H3,(H,21,22). The largest absolute Gasteiger partial charge is 0.497 e. The quantitative estimate of drug-likeness (QED) is 0.851. The van der Waals surface area contributed by atoms with Crippen molar-refractivity contribution >= 4 is 5.91 Å².